The van der Waals surface area contributed by atoms with Gasteiger partial charge in [-0.25, -0.2) is 8.42 Å². The maximum absolute atomic E-state index is 11.8. The molecule has 1 aliphatic carbocycles. The van der Waals surface area contributed by atoms with Crippen LogP contribution < -0.4 is 14.9 Å². The monoisotopic (exact) mass is 495 g/mol. The van der Waals surface area contributed by atoms with Crippen molar-refractivity contribution in [3.63, 3.8) is 0 Å². The van der Waals surface area contributed by atoms with E-state index in [1.54, 1.807) is 6.07 Å². The summed E-state index contributed by atoms with van der Waals surface area (Å²) in [6, 6.07) is 16.3. The molecule has 2 fully saturated rings. The number of hydrogen-bond acceptors (Lipinski definition) is 4. The maximum atomic E-state index is 11.8. The molecule has 0 radical (unpaired) electrons. The Bertz CT molecular complexity index is 1300. The molecular weight excluding hydrogens is 466 g/mol. The van der Waals surface area contributed by atoms with E-state index in [4.69, 9.17) is 12.2 Å². The lowest BCUT2D eigenvalue weighted by molar-refractivity contribution is 0.461. The lowest BCUT2D eigenvalue weighted by Crippen LogP contribution is -2.30. The molecule has 1 aliphatic heterocycles. The molecule has 2 N–H and O–H groups in total. The Morgan fingerprint density at radius 1 is 1.12 bits per heavy atom. The van der Waals surface area contributed by atoms with Crippen LogP contribution >= 0.6 is 12.2 Å². The van der Waals surface area contributed by atoms with Gasteiger partial charge >= 0.3 is 0 Å². The lowest BCUT2D eigenvalue weighted by atomic mass is 10.00. The van der Waals surface area contributed by atoms with E-state index < -0.39 is 10.0 Å². The van der Waals surface area contributed by atoms with Crippen LogP contribution in [-0.2, 0) is 10.0 Å². The van der Waals surface area contributed by atoms with Gasteiger partial charge in [0.1, 0.15) is 6.04 Å². The standard InChI is InChI=1S/C25H29N5O2S2/c1-17-16-19(12-13-20(17)28-34(2,31)32)30-24(22-11-7-15-29(22)18-8-3-4-9-18)23(27-25(30)33)21-10-5-6-14-26-21/h5-7,10-16,18,23-24,28H,3-4,8-9H2,1-2H3,(H,27,33). The van der Waals surface area contributed by atoms with Crippen molar-refractivity contribution < 1.29 is 8.42 Å². The quantitative estimate of drug-likeness (QED) is 0.476. The fourth-order valence-electron chi connectivity index (χ4n) is 5.22. The Hall–Kier alpha value is -2.91. The van der Waals surface area contributed by atoms with E-state index in [0.29, 0.717) is 16.8 Å². The van der Waals surface area contributed by atoms with E-state index in [0.717, 1.165) is 23.2 Å². The number of benzene rings is 1. The molecule has 0 bridgehead atoms. The van der Waals surface area contributed by atoms with Gasteiger partial charge in [0.2, 0.25) is 10.0 Å². The first-order valence-electron chi connectivity index (χ1n) is 11.6. The highest BCUT2D eigenvalue weighted by molar-refractivity contribution is 7.92. The number of nitrogens with zero attached hydrogens (tertiary/aromatic N) is 3. The number of aromatic nitrogens is 2. The minimum atomic E-state index is -3.36. The van der Waals surface area contributed by atoms with Crippen molar-refractivity contribution in [3.05, 3.63) is 77.9 Å². The van der Waals surface area contributed by atoms with Gasteiger partial charge in [0.25, 0.3) is 0 Å². The largest absolute Gasteiger partial charge is 0.351 e. The molecule has 2 aliphatic rings. The predicted molar refractivity (Wildman–Crippen MR) is 140 cm³/mol. The minimum absolute atomic E-state index is 0.0916. The molecule has 1 aromatic carbocycles. The van der Waals surface area contributed by atoms with Crippen LogP contribution in [0.5, 0.6) is 0 Å². The van der Waals surface area contributed by atoms with Crippen LogP contribution in [0.4, 0.5) is 11.4 Å². The fraction of sp³-hybridized carbons (Fsp3) is 0.360. The van der Waals surface area contributed by atoms with Crippen molar-refractivity contribution in [1.82, 2.24) is 14.9 Å². The maximum Gasteiger partial charge on any atom is 0.229 e. The molecule has 0 spiro atoms. The summed E-state index contributed by atoms with van der Waals surface area (Å²) >= 11 is 5.86. The van der Waals surface area contributed by atoms with Gasteiger partial charge in [-0.15, -0.1) is 0 Å². The van der Waals surface area contributed by atoms with Crippen molar-refractivity contribution in [2.45, 2.75) is 50.7 Å². The molecule has 2 aromatic heterocycles. The molecular formula is C25H29N5O2S2. The van der Waals surface area contributed by atoms with E-state index in [9.17, 15) is 8.42 Å². The Labute approximate surface area is 206 Å². The van der Waals surface area contributed by atoms with Crippen molar-refractivity contribution in [2.24, 2.45) is 0 Å². The zero-order valence-electron chi connectivity index (χ0n) is 19.3. The summed E-state index contributed by atoms with van der Waals surface area (Å²) in [5, 5.41) is 4.15. The molecule has 178 valence electrons. The fourth-order valence-corrected chi connectivity index (χ4v) is 6.19. The topological polar surface area (TPSA) is 79.3 Å². The number of hydrogen-bond donors (Lipinski definition) is 2. The van der Waals surface area contributed by atoms with Gasteiger partial charge in [0.15, 0.2) is 5.11 Å². The SMILES string of the molecule is Cc1cc(N2C(=S)NC(c3ccccn3)C2c2cccn2C2CCCC2)ccc1NS(C)(=O)=O. The van der Waals surface area contributed by atoms with Crippen LogP contribution in [0.1, 0.15) is 60.8 Å². The molecule has 1 saturated carbocycles. The van der Waals surface area contributed by atoms with E-state index >= 15 is 0 Å². The Kier molecular flexibility index (Phi) is 6.07. The highest BCUT2D eigenvalue weighted by Gasteiger charge is 2.42. The van der Waals surface area contributed by atoms with Crippen LogP contribution in [0.3, 0.4) is 0 Å². The average Bonchev–Trinajstić information content (AvgIpc) is 3.54. The smallest absolute Gasteiger partial charge is 0.229 e. The second-order valence-corrected chi connectivity index (χ2v) is 11.3. The van der Waals surface area contributed by atoms with Gasteiger partial charge < -0.3 is 14.8 Å². The number of anilines is 2. The predicted octanol–water partition coefficient (Wildman–Crippen LogP) is 4.86. The van der Waals surface area contributed by atoms with Gasteiger partial charge in [-0.3, -0.25) is 9.71 Å². The summed E-state index contributed by atoms with van der Waals surface area (Å²) in [5.74, 6) is 0. The van der Waals surface area contributed by atoms with Crippen LogP contribution in [0.25, 0.3) is 0 Å². The molecule has 34 heavy (non-hydrogen) atoms. The van der Waals surface area contributed by atoms with Gasteiger partial charge in [-0.1, -0.05) is 18.9 Å². The van der Waals surface area contributed by atoms with Crippen molar-refractivity contribution >= 4 is 38.7 Å². The molecule has 5 rings (SSSR count). The highest BCUT2D eigenvalue weighted by atomic mass is 32.2. The number of rotatable bonds is 6. The van der Waals surface area contributed by atoms with E-state index in [1.807, 2.05) is 43.5 Å². The van der Waals surface area contributed by atoms with Gasteiger partial charge in [0, 0.05) is 29.8 Å². The number of sulfonamides is 1. The first-order chi connectivity index (χ1) is 16.3. The summed E-state index contributed by atoms with van der Waals surface area (Å²) in [4.78, 5) is 6.79. The molecule has 3 aromatic rings. The second-order valence-electron chi connectivity index (χ2n) is 9.15. The third-order valence-electron chi connectivity index (χ3n) is 6.71. The van der Waals surface area contributed by atoms with Gasteiger partial charge in [0.05, 0.1) is 23.7 Å². The summed E-state index contributed by atoms with van der Waals surface area (Å²) in [5.41, 5.74) is 4.44. The van der Waals surface area contributed by atoms with Crippen LogP contribution in [0, 0.1) is 6.92 Å². The van der Waals surface area contributed by atoms with Gasteiger partial charge in [-0.2, -0.15) is 0 Å². The molecule has 2 unspecified atom stereocenters. The number of thiocarbonyl (C=S) groups is 1. The minimum Gasteiger partial charge on any atom is -0.351 e. The Morgan fingerprint density at radius 3 is 2.59 bits per heavy atom. The Balaban J connectivity index is 1.59. The van der Waals surface area contributed by atoms with Crippen molar-refractivity contribution in [1.29, 1.82) is 0 Å². The zero-order valence-corrected chi connectivity index (χ0v) is 20.9. The lowest BCUT2D eigenvalue weighted by Gasteiger charge is -2.30. The third-order valence-corrected chi connectivity index (χ3v) is 7.62. The molecule has 3 heterocycles. The second kappa shape index (κ2) is 9.03. The molecule has 2 atom stereocenters. The van der Waals surface area contributed by atoms with E-state index in [2.05, 4.69) is 42.8 Å². The van der Waals surface area contributed by atoms with E-state index in [-0.39, 0.29) is 12.1 Å². The number of aryl methyl sites for hydroxylation is 1. The summed E-state index contributed by atoms with van der Waals surface area (Å²) in [6.07, 6.45) is 10.0. The highest BCUT2D eigenvalue weighted by Crippen LogP contribution is 2.44. The average molecular weight is 496 g/mol. The summed E-state index contributed by atoms with van der Waals surface area (Å²) in [6.45, 7) is 1.90. The summed E-state index contributed by atoms with van der Waals surface area (Å²) in [7, 11) is -3.36. The van der Waals surface area contributed by atoms with E-state index in [1.165, 1.54) is 31.4 Å². The Morgan fingerprint density at radius 2 is 1.91 bits per heavy atom. The number of nitrogens with one attached hydrogen (secondary N) is 2. The summed E-state index contributed by atoms with van der Waals surface area (Å²) < 4.78 is 28.5. The first kappa shape index (κ1) is 22.9. The molecule has 0 amide bonds. The normalized spacial score (nSPS) is 21.1. The van der Waals surface area contributed by atoms with Crippen molar-refractivity contribution in [3.8, 4) is 0 Å². The molecule has 9 heteroatoms. The third kappa shape index (κ3) is 4.42. The van der Waals surface area contributed by atoms with Crippen molar-refractivity contribution in [2.75, 3.05) is 15.9 Å². The number of pyridine rings is 1. The zero-order chi connectivity index (χ0) is 23.9. The first-order valence-corrected chi connectivity index (χ1v) is 13.9. The van der Waals surface area contributed by atoms with Gasteiger partial charge in [-0.05, 0) is 80.0 Å². The van der Waals surface area contributed by atoms with Crippen LogP contribution in [0.15, 0.2) is 60.9 Å². The molecule has 7 nitrogen and oxygen atoms in total. The van der Waals surface area contributed by atoms with Crippen LogP contribution in [-0.4, -0.2) is 29.3 Å². The van der Waals surface area contributed by atoms with Crippen LogP contribution in [0.2, 0.25) is 0 Å². The molecule has 1 saturated heterocycles.